The Kier molecular flexibility index (Phi) is 8.45. The Morgan fingerprint density at radius 3 is 2.36 bits per heavy atom. The van der Waals surface area contributed by atoms with Gasteiger partial charge in [-0.15, -0.1) is 0 Å². The number of halogens is 3. The fourth-order valence-corrected chi connectivity index (χ4v) is 5.28. The second-order valence-electron chi connectivity index (χ2n) is 7.31. The molecule has 3 aromatic carbocycles. The van der Waals surface area contributed by atoms with Gasteiger partial charge in [-0.2, -0.15) is 0 Å². The normalized spacial score (nSPS) is 15.6. The minimum absolute atomic E-state index is 0.254. The summed E-state index contributed by atoms with van der Waals surface area (Å²) in [5.41, 5.74) is 1.95. The van der Waals surface area contributed by atoms with Gasteiger partial charge < -0.3 is 14.6 Å². The Morgan fingerprint density at radius 2 is 1.75 bits per heavy atom. The Hall–Kier alpha value is -2.73. The van der Waals surface area contributed by atoms with Crippen LogP contribution >= 0.6 is 57.6 Å². The molecular formula is C25H17Cl2IN2O5S. The quantitative estimate of drug-likeness (QED) is 0.221. The molecule has 1 fully saturated rings. The van der Waals surface area contributed by atoms with Gasteiger partial charge in [-0.25, -0.2) is 9.79 Å². The van der Waals surface area contributed by atoms with Crippen LogP contribution in [0.25, 0.3) is 6.08 Å². The lowest BCUT2D eigenvalue weighted by molar-refractivity contribution is -0.139. The number of anilines is 1. The van der Waals surface area contributed by atoms with Crippen LogP contribution < -0.4 is 14.4 Å². The van der Waals surface area contributed by atoms with Gasteiger partial charge in [0.15, 0.2) is 23.3 Å². The number of carbonyl (C=O) groups is 2. The highest BCUT2D eigenvalue weighted by atomic mass is 127. The number of ether oxygens (including phenoxy) is 2. The number of carbonyl (C=O) groups excluding carboxylic acids is 1. The maximum atomic E-state index is 13.5. The number of amides is 1. The standard InChI is InChI=1S/C25H17Cl2IN2O5S/c1-34-20-11-14(10-19(28)23(20)35-13-22(31)32)12-21-24(33)30(18-8-4-16(27)5-9-18)25(36-21)29-17-6-2-15(26)3-7-17/h2-12H,13H2,1H3,(H,31,32)/b21-12-,29-25?. The van der Waals surface area contributed by atoms with E-state index in [1.54, 1.807) is 66.7 Å². The molecule has 7 nitrogen and oxygen atoms in total. The number of hydrogen-bond donors (Lipinski definition) is 1. The van der Waals surface area contributed by atoms with E-state index in [-0.39, 0.29) is 5.91 Å². The summed E-state index contributed by atoms with van der Waals surface area (Å²) in [6, 6.07) is 17.4. The molecule has 0 radical (unpaired) electrons. The third-order valence-electron chi connectivity index (χ3n) is 4.83. The van der Waals surface area contributed by atoms with E-state index >= 15 is 0 Å². The van der Waals surface area contributed by atoms with Gasteiger partial charge in [0.1, 0.15) is 0 Å². The van der Waals surface area contributed by atoms with Crippen LogP contribution in [-0.4, -0.2) is 35.9 Å². The zero-order chi connectivity index (χ0) is 25.8. The first-order valence-corrected chi connectivity index (χ1v) is 13.0. The molecule has 0 spiro atoms. The molecule has 11 heteroatoms. The van der Waals surface area contributed by atoms with E-state index < -0.39 is 12.6 Å². The number of aliphatic imine (C=N–C) groups is 1. The number of hydrogen-bond acceptors (Lipinski definition) is 6. The zero-order valence-corrected chi connectivity index (χ0v) is 23.1. The molecule has 1 aliphatic heterocycles. The van der Waals surface area contributed by atoms with Crippen LogP contribution in [-0.2, 0) is 9.59 Å². The van der Waals surface area contributed by atoms with Crippen molar-refractivity contribution in [1.29, 1.82) is 0 Å². The predicted octanol–water partition coefficient (Wildman–Crippen LogP) is 6.88. The lowest BCUT2D eigenvalue weighted by Crippen LogP contribution is -2.28. The molecule has 0 atom stereocenters. The molecule has 1 amide bonds. The molecule has 4 rings (SSSR count). The van der Waals surface area contributed by atoms with Crippen LogP contribution in [0.4, 0.5) is 11.4 Å². The van der Waals surface area contributed by atoms with Crippen molar-refractivity contribution >= 4 is 92.0 Å². The fraction of sp³-hybridized carbons (Fsp3) is 0.0800. The summed E-state index contributed by atoms with van der Waals surface area (Å²) in [4.78, 5) is 31.1. The van der Waals surface area contributed by atoms with Gasteiger partial charge in [0.25, 0.3) is 5.91 Å². The number of amidine groups is 1. The van der Waals surface area contributed by atoms with Crippen molar-refractivity contribution in [3.63, 3.8) is 0 Å². The highest BCUT2D eigenvalue weighted by molar-refractivity contribution is 14.1. The van der Waals surface area contributed by atoms with Gasteiger partial charge in [0.05, 0.1) is 27.0 Å². The first-order valence-electron chi connectivity index (χ1n) is 10.3. The molecule has 0 unspecified atom stereocenters. The number of methoxy groups -OCH3 is 1. The maximum Gasteiger partial charge on any atom is 0.341 e. The summed E-state index contributed by atoms with van der Waals surface area (Å²) in [5.74, 6) is -0.673. The largest absolute Gasteiger partial charge is 0.493 e. The van der Waals surface area contributed by atoms with E-state index in [4.69, 9.17) is 37.8 Å². The number of aliphatic carboxylic acids is 1. The average Bonchev–Trinajstić information content (AvgIpc) is 3.14. The summed E-state index contributed by atoms with van der Waals surface area (Å²) < 4.78 is 11.4. The van der Waals surface area contributed by atoms with Gasteiger partial charge in [-0.05, 0) is 107 Å². The molecule has 0 bridgehead atoms. The first-order chi connectivity index (χ1) is 17.2. The summed E-state index contributed by atoms with van der Waals surface area (Å²) in [5, 5.41) is 10.5. The number of carboxylic acids is 1. The molecule has 0 saturated carbocycles. The molecule has 1 N–H and O–H groups in total. The predicted molar refractivity (Wildman–Crippen MR) is 152 cm³/mol. The summed E-state index contributed by atoms with van der Waals surface area (Å²) in [6.07, 6.45) is 1.73. The average molecular weight is 655 g/mol. The molecule has 3 aromatic rings. The molecule has 184 valence electrons. The Balaban J connectivity index is 1.73. The number of nitrogens with zero attached hydrogens (tertiary/aromatic N) is 2. The van der Waals surface area contributed by atoms with E-state index in [9.17, 15) is 9.59 Å². The molecule has 0 aliphatic carbocycles. The van der Waals surface area contributed by atoms with Crippen LogP contribution in [0.2, 0.25) is 10.0 Å². The first kappa shape index (κ1) is 26.3. The molecule has 0 aromatic heterocycles. The summed E-state index contributed by atoms with van der Waals surface area (Å²) in [6.45, 7) is -0.498. The van der Waals surface area contributed by atoms with E-state index in [1.165, 1.54) is 23.8 Å². The minimum atomic E-state index is -1.10. The van der Waals surface area contributed by atoms with Gasteiger partial charge in [0.2, 0.25) is 0 Å². The third kappa shape index (κ3) is 6.15. The smallest absolute Gasteiger partial charge is 0.341 e. The maximum absolute atomic E-state index is 13.5. The number of thioether (sulfide) groups is 1. The van der Waals surface area contributed by atoms with Crippen molar-refractivity contribution in [2.24, 2.45) is 4.99 Å². The van der Waals surface area contributed by atoms with Crippen molar-refractivity contribution in [3.05, 3.63) is 84.7 Å². The van der Waals surface area contributed by atoms with Gasteiger partial charge in [-0.1, -0.05) is 23.2 Å². The summed E-state index contributed by atoms with van der Waals surface area (Å²) >= 11 is 15.3. The lowest BCUT2D eigenvalue weighted by Gasteiger charge is -2.15. The molecule has 1 aliphatic rings. The fourth-order valence-electron chi connectivity index (χ4n) is 3.24. The second-order valence-corrected chi connectivity index (χ2v) is 10.4. The molecule has 1 heterocycles. The van der Waals surface area contributed by atoms with E-state index in [2.05, 4.69) is 4.99 Å². The van der Waals surface area contributed by atoms with Crippen molar-refractivity contribution in [3.8, 4) is 11.5 Å². The number of carboxylic acid groups (broad SMARTS) is 1. The molecular weight excluding hydrogens is 638 g/mol. The van der Waals surface area contributed by atoms with Crippen molar-refractivity contribution in [1.82, 2.24) is 0 Å². The van der Waals surface area contributed by atoms with E-state index in [0.717, 1.165) is 0 Å². The van der Waals surface area contributed by atoms with Gasteiger partial charge in [-0.3, -0.25) is 9.69 Å². The van der Waals surface area contributed by atoms with Crippen molar-refractivity contribution in [2.75, 3.05) is 18.6 Å². The number of rotatable bonds is 7. The van der Waals surface area contributed by atoms with E-state index in [1.807, 2.05) is 22.6 Å². The van der Waals surface area contributed by atoms with Gasteiger partial charge >= 0.3 is 5.97 Å². The molecule has 36 heavy (non-hydrogen) atoms. The minimum Gasteiger partial charge on any atom is -0.493 e. The van der Waals surface area contributed by atoms with Crippen LogP contribution in [0.5, 0.6) is 11.5 Å². The monoisotopic (exact) mass is 654 g/mol. The van der Waals surface area contributed by atoms with Crippen LogP contribution in [0.1, 0.15) is 5.56 Å². The zero-order valence-electron chi connectivity index (χ0n) is 18.6. The van der Waals surface area contributed by atoms with Gasteiger partial charge in [0, 0.05) is 10.0 Å². The Labute approximate surface area is 234 Å². The van der Waals surface area contributed by atoms with Crippen LogP contribution in [0.15, 0.2) is 70.6 Å². The topological polar surface area (TPSA) is 88.4 Å². The van der Waals surface area contributed by atoms with Crippen molar-refractivity contribution in [2.45, 2.75) is 0 Å². The number of benzene rings is 3. The van der Waals surface area contributed by atoms with Crippen LogP contribution in [0.3, 0.4) is 0 Å². The SMILES string of the molecule is COc1cc(/C=C2\SC(=Nc3ccc(Cl)cc3)N(c3ccc(Cl)cc3)C2=O)cc(I)c1OCC(=O)O. The Bertz CT molecular complexity index is 1380. The third-order valence-corrected chi connectivity index (χ3v) is 7.11. The molecule has 1 saturated heterocycles. The summed E-state index contributed by atoms with van der Waals surface area (Å²) in [7, 11) is 1.46. The highest BCUT2D eigenvalue weighted by Crippen LogP contribution is 2.40. The lowest BCUT2D eigenvalue weighted by atomic mass is 10.1. The highest BCUT2D eigenvalue weighted by Gasteiger charge is 2.35. The van der Waals surface area contributed by atoms with Crippen LogP contribution in [0, 0.1) is 3.57 Å². The second kappa shape index (κ2) is 11.5. The van der Waals surface area contributed by atoms with E-state index in [0.29, 0.717) is 52.1 Å². The van der Waals surface area contributed by atoms with Crippen molar-refractivity contribution < 1.29 is 24.2 Å². The Morgan fingerprint density at radius 1 is 1.11 bits per heavy atom.